The smallest absolute Gasteiger partial charge is 0.274 e. The van der Waals surface area contributed by atoms with Crippen molar-refractivity contribution in [3.8, 4) is 11.1 Å². The number of aromatic nitrogens is 3. The topological polar surface area (TPSA) is 68.1 Å². The lowest BCUT2D eigenvalue weighted by Crippen LogP contribution is -2.49. The molecule has 4 heterocycles. The molecule has 2 aromatic heterocycles. The van der Waals surface area contributed by atoms with Gasteiger partial charge in [-0.1, -0.05) is 36.4 Å². The molecule has 2 aliphatic heterocycles. The third-order valence-corrected chi connectivity index (χ3v) is 6.72. The summed E-state index contributed by atoms with van der Waals surface area (Å²) in [6.07, 6.45) is 5.62. The third kappa shape index (κ3) is 3.11. The van der Waals surface area contributed by atoms with Crippen LogP contribution in [0.15, 0.2) is 78.0 Å². The number of benzene rings is 2. The van der Waals surface area contributed by atoms with E-state index in [1.54, 1.807) is 18.5 Å². The Hall–Kier alpha value is -3.80. The maximum Gasteiger partial charge on any atom is 0.274 e. The lowest BCUT2D eigenvalue weighted by atomic mass is 9.80. The molecule has 2 aliphatic rings. The molecule has 1 fully saturated rings. The Morgan fingerprint density at radius 2 is 1.81 bits per heavy atom. The number of pyridine rings is 1. The zero-order chi connectivity index (χ0) is 21.7. The molecular weight excluding hydrogens is 400 g/mol. The number of likely N-dealkylation sites (tertiary alicyclic amines) is 1. The molecule has 0 saturated carbocycles. The summed E-state index contributed by atoms with van der Waals surface area (Å²) in [5.41, 5.74) is 3.62. The van der Waals surface area contributed by atoms with E-state index in [0.717, 1.165) is 23.2 Å². The predicted octanol–water partition coefficient (Wildman–Crippen LogP) is 3.72. The van der Waals surface area contributed by atoms with Crippen LogP contribution in [-0.4, -0.2) is 38.4 Å². The van der Waals surface area contributed by atoms with Crippen molar-refractivity contribution in [2.45, 2.75) is 18.9 Å². The van der Waals surface area contributed by atoms with Gasteiger partial charge < -0.3 is 9.47 Å². The highest BCUT2D eigenvalue weighted by Crippen LogP contribution is 2.40. The van der Waals surface area contributed by atoms with Gasteiger partial charge in [0, 0.05) is 55.3 Å². The van der Waals surface area contributed by atoms with Gasteiger partial charge in [-0.05, 0) is 40.8 Å². The quantitative estimate of drug-likeness (QED) is 0.494. The van der Waals surface area contributed by atoms with Gasteiger partial charge in [-0.25, -0.2) is 4.98 Å². The fourth-order valence-corrected chi connectivity index (χ4v) is 5.35. The van der Waals surface area contributed by atoms with Crippen LogP contribution in [0.25, 0.3) is 21.9 Å². The molecule has 158 valence electrons. The van der Waals surface area contributed by atoms with Crippen LogP contribution in [0.4, 0.5) is 0 Å². The maximum absolute atomic E-state index is 13.1. The normalized spacial score (nSPS) is 19.6. The maximum atomic E-state index is 13.1. The molecule has 32 heavy (non-hydrogen) atoms. The molecule has 0 N–H and O–H groups in total. The molecule has 0 spiro atoms. The van der Waals surface area contributed by atoms with Gasteiger partial charge in [0.05, 0.1) is 6.20 Å². The highest BCUT2D eigenvalue weighted by atomic mass is 16.2. The number of carbonyl (C=O) groups is 1. The van der Waals surface area contributed by atoms with Gasteiger partial charge >= 0.3 is 0 Å². The first kappa shape index (κ1) is 18.9. The Balaban J connectivity index is 1.42. The average Bonchev–Trinajstić information content (AvgIpc) is 2.84. The van der Waals surface area contributed by atoms with E-state index in [1.165, 1.54) is 17.0 Å². The summed E-state index contributed by atoms with van der Waals surface area (Å²) < 4.78 is 1.94. The number of carbonyl (C=O) groups excluding carboxylic acids is 1. The summed E-state index contributed by atoms with van der Waals surface area (Å²) >= 11 is 0. The summed E-state index contributed by atoms with van der Waals surface area (Å²) in [4.78, 5) is 36.0. The highest BCUT2D eigenvalue weighted by Gasteiger charge is 2.38. The molecule has 6 heteroatoms. The Kier molecular flexibility index (Phi) is 4.38. The first-order valence-electron chi connectivity index (χ1n) is 11.0. The van der Waals surface area contributed by atoms with Gasteiger partial charge in [0.2, 0.25) is 0 Å². The second-order valence-electron chi connectivity index (χ2n) is 8.74. The first-order chi connectivity index (χ1) is 15.7. The molecule has 4 aromatic rings. The van der Waals surface area contributed by atoms with Crippen molar-refractivity contribution in [3.63, 3.8) is 0 Å². The van der Waals surface area contributed by atoms with Crippen molar-refractivity contribution in [2.75, 3.05) is 13.1 Å². The molecule has 6 nitrogen and oxygen atoms in total. The fourth-order valence-electron chi connectivity index (χ4n) is 5.35. The number of rotatable bonds is 2. The van der Waals surface area contributed by atoms with Gasteiger partial charge in [0.1, 0.15) is 5.69 Å². The molecule has 2 aromatic carbocycles. The zero-order valence-corrected chi connectivity index (χ0v) is 17.5. The van der Waals surface area contributed by atoms with Crippen molar-refractivity contribution in [2.24, 2.45) is 5.92 Å². The number of piperidine rings is 1. The predicted molar refractivity (Wildman–Crippen MR) is 122 cm³/mol. The lowest BCUT2D eigenvalue weighted by Gasteiger charge is -2.43. The zero-order valence-electron chi connectivity index (χ0n) is 17.5. The molecule has 1 saturated heterocycles. The van der Waals surface area contributed by atoms with Gasteiger partial charge in [0.15, 0.2) is 0 Å². The van der Waals surface area contributed by atoms with E-state index < -0.39 is 0 Å². The van der Waals surface area contributed by atoms with E-state index in [-0.39, 0.29) is 23.3 Å². The molecule has 2 bridgehead atoms. The second kappa shape index (κ2) is 7.41. The third-order valence-electron chi connectivity index (χ3n) is 6.72. The molecule has 1 amide bonds. The van der Waals surface area contributed by atoms with Crippen LogP contribution in [0, 0.1) is 5.92 Å². The van der Waals surface area contributed by atoms with E-state index in [9.17, 15) is 9.59 Å². The standard InChI is InChI=1S/C26H22N4O2/c31-24-8-7-22(20-6-5-18-3-1-2-4-19(18)12-20)25-21-11-17(15-30(24)25)14-29(16-21)26(32)23-13-27-9-10-28-23/h1-10,12-13,17,21H,11,14-16H2/t17-,21-/m0/s1. The van der Waals surface area contributed by atoms with Crippen molar-refractivity contribution in [1.29, 1.82) is 0 Å². The van der Waals surface area contributed by atoms with Crippen LogP contribution in [0.2, 0.25) is 0 Å². The number of fused-ring (bicyclic) bond motifs is 5. The molecule has 0 aliphatic carbocycles. The lowest BCUT2D eigenvalue weighted by molar-refractivity contribution is 0.0589. The monoisotopic (exact) mass is 422 g/mol. The van der Waals surface area contributed by atoms with E-state index >= 15 is 0 Å². The van der Waals surface area contributed by atoms with Crippen LogP contribution >= 0.6 is 0 Å². The summed E-state index contributed by atoms with van der Waals surface area (Å²) in [7, 11) is 0. The number of amides is 1. The molecule has 6 rings (SSSR count). The second-order valence-corrected chi connectivity index (χ2v) is 8.74. The molecule has 0 radical (unpaired) electrons. The molecule has 2 atom stereocenters. The summed E-state index contributed by atoms with van der Waals surface area (Å²) in [5, 5.41) is 2.36. The fraction of sp³-hybridized carbons (Fsp3) is 0.231. The molecular formula is C26H22N4O2. The summed E-state index contributed by atoms with van der Waals surface area (Å²) in [6.45, 7) is 1.85. The van der Waals surface area contributed by atoms with Crippen molar-refractivity contribution in [1.82, 2.24) is 19.4 Å². The van der Waals surface area contributed by atoms with Crippen LogP contribution in [0.5, 0.6) is 0 Å². The van der Waals surface area contributed by atoms with Crippen LogP contribution in [-0.2, 0) is 6.54 Å². The Labute approximate surface area is 185 Å². The minimum Gasteiger partial charge on any atom is -0.336 e. The van der Waals surface area contributed by atoms with Gasteiger partial charge in [-0.15, -0.1) is 0 Å². The Bertz CT molecular complexity index is 1400. The largest absolute Gasteiger partial charge is 0.336 e. The van der Waals surface area contributed by atoms with Gasteiger partial charge in [-0.3, -0.25) is 14.6 Å². The van der Waals surface area contributed by atoms with Gasteiger partial charge in [-0.2, -0.15) is 0 Å². The van der Waals surface area contributed by atoms with Crippen molar-refractivity contribution < 1.29 is 4.79 Å². The minimum atomic E-state index is -0.0909. The summed E-state index contributed by atoms with van der Waals surface area (Å²) in [6, 6.07) is 18.4. The minimum absolute atomic E-state index is 0.0351. The number of nitrogens with zero attached hydrogens (tertiary/aromatic N) is 4. The summed E-state index contributed by atoms with van der Waals surface area (Å²) in [5.74, 6) is 0.275. The van der Waals surface area contributed by atoms with E-state index in [2.05, 4.69) is 40.3 Å². The van der Waals surface area contributed by atoms with Crippen molar-refractivity contribution >= 4 is 16.7 Å². The van der Waals surface area contributed by atoms with E-state index in [4.69, 9.17) is 0 Å². The number of hydrogen-bond acceptors (Lipinski definition) is 4. The van der Waals surface area contributed by atoms with Crippen molar-refractivity contribution in [3.05, 3.63) is 94.9 Å². The van der Waals surface area contributed by atoms with E-state index in [0.29, 0.717) is 25.3 Å². The molecule has 0 unspecified atom stereocenters. The Morgan fingerprint density at radius 1 is 0.938 bits per heavy atom. The number of hydrogen-bond donors (Lipinski definition) is 0. The highest BCUT2D eigenvalue weighted by molar-refractivity contribution is 5.92. The van der Waals surface area contributed by atoms with Gasteiger partial charge in [0.25, 0.3) is 11.5 Å². The van der Waals surface area contributed by atoms with Crippen LogP contribution in [0.1, 0.15) is 28.5 Å². The SMILES string of the molecule is O=C(c1cnccn1)N1C[C@@H]2C[C@@H](C1)c1c(-c3ccc4ccccc4c3)ccc(=O)n1C2. The van der Waals surface area contributed by atoms with E-state index in [1.807, 2.05) is 27.7 Å². The first-order valence-corrected chi connectivity index (χ1v) is 11.0. The van der Waals surface area contributed by atoms with Crippen LogP contribution < -0.4 is 5.56 Å². The Morgan fingerprint density at radius 3 is 2.66 bits per heavy atom. The average molecular weight is 422 g/mol. The van der Waals surface area contributed by atoms with Crippen LogP contribution in [0.3, 0.4) is 0 Å².